The molecule has 8 heteroatoms. The fraction of sp³-hybridized carbons (Fsp3) is 0.360. The first kappa shape index (κ1) is 23.0. The van der Waals surface area contributed by atoms with Gasteiger partial charge in [0.05, 0.1) is 21.3 Å². The Morgan fingerprint density at radius 2 is 1.79 bits per heavy atom. The van der Waals surface area contributed by atoms with Crippen LogP contribution in [0.15, 0.2) is 42.1 Å². The molecule has 0 radical (unpaired) electrons. The Morgan fingerprint density at radius 3 is 2.39 bits per heavy atom. The van der Waals surface area contributed by atoms with Gasteiger partial charge in [-0.2, -0.15) is 0 Å². The summed E-state index contributed by atoms with van der Waals surface area (Å²) in [6.45, 7) is 2.48. The number of fused-ring (bicyclic) bond motifs is 1. The zero-order chi connectivity index (χ0) is 23.8. The third-order valence-electron chi connectivity index (χ3n) is 6.23. The summed E-state index contributed by atoms with van der Waals surface area (Å²) in [5.41, 5.74) is 0.436. The van der Waals surface area contributed by atoms with Crippen molar-refractivity contribution >= 4 is 23.2 Å². The van der Waals surface area contributed by atoms with E-state index in [9.17, 15) is 9.59 Å². The van der Waals surface area contributed by atoms with Crippen molar-refractivity contribution in [2.75, 3.05) is 27.9 Å². The number of allylic oxidation sites excluding steroid dienone is 1. The predicted molar refractivity (Wildman–Crippen MR) is 124 cm³/mol. The number of halogens is 1. The number of Topliss-reactive ketones (excluding diaryl/α,β-unsaturated/α-hetero) is 1. The number of methoxy groups -OCH3 is 3. The molecule has 1 heterocycles. The van der Waals surface area contributed by atoms with E-state index in [-0.39, 0.29) is 22.1 Å². The first-order chi connectivity index (χ1) is 15.8. The number of ether oxygens (including phenoxy) is 4. The molecule has 2 unspecified atom stereocenters. The average molecular weight is 472 g/mol. The maximum absolute atomic E-state index is 13.5. The van der Waals surface area contributed by atoms with Crippen LogP contribution in [0, 0.1) is 5.92 Å². The van der Waals surface area contributed by atoms with Gasteiger partial charge in [-0.05, 0) is 30.5 Å². The molecule has 4 rings (SSSR count). The summed E-state index contributed by atoms with van der Waals surface area (Å²) in [4.78, 5) is 26.8. The normalized spacial score (nSPS) is 21.4. The smallest absolute Gasteiger partial charge is 0.236 e. The van der Waals surface area contributed by atoms with Gasteiger partial charge in [-0.1, -0.05) is 30.7 Å². The number of ketones is 2. The predicted octanol–water partition coefficient (Wildman–Crippen LogP) is 4.00. The number of carbonyl (C=O) groups excluding carboxylic acids is 2. The molecule has 0 bridgehead atoms. The number of hydrogen-bond donors (Lipinski definition) is 1. The van der Waals surface area contributed by atoms with Crippen molar-refractivity contribution in [1.29, 1.82) is 0 Å². The lowest BCUT2D eigenvalue weighted by Crippen LogP contribution is -2.55. The van der Waals surface area contributed by atoms with Crippen LogP contribution in [0.5, 0.6) is 23.0 Å². The fourth-order valence-electron chi connectivity index (χ4n) is 4.41. The zero-order valence-electron chi connectivity index (χ0n) is 19.0. The van der Waals surface area contributed by atoms with Crippen molar-refractivity contribution in [2.24, 2.45) is 5.92 Å². The summed E-state index contributed by atoms with van der Waals surface area (Å²) in [5, 5.41) is 3.47. The van der Waals surface area contributed by atoms with E-state index in [0.29, 0.717) is 18.7 Å². The molecule has 0 saturated carbocycles. The molecule has 2 aliphatic rings. The first-order valence-electron chi connectivity index (χ1n) is 10.7. The Morgan fingerprint density at radius 1 is 1.09 bits per heavy atom. The third kappa shape index (κ3) is 3.80. The van der Waals surface area contributed by atoms with Gasteiger partial charge in [-0.15, -0.1) is 0 Å². The van der Waals surface area contributed by atoms with Crippen LogP contribution in [-0.4, -0.2) is 45.0 Å². The van der Waals surface area contributed by atoms with Crippen LogP contribution in [0.4, 0.5) is 0 Å². The lowest BCUT2D eigenvalue weighted by Gasteiger charge is -2.35. The van der Waals surface area contributed by atoms with Gasteiger partial charge in [0, 0.05) is 30.3 Å². The first-order valence-corrected chi connectivity index (χ1v) is 11.0. The minimum absolute atomic E-state index is 0.127. The van der Waals surface area contributed by atoms with Crippen molar-refractivity contribution in [3.63, 3.8) is 0 Å². The molecule has 1 spiro atoms. The third-order valence-corrected chi connectivity index (χ3v) is 6.59. The molecule has 33 heavy (non-hydrogen) atoms. The number of carbonyl (C=O) groups is 2. The molecule has 1 aliphatic carbocycles. The molecule has 0 aromatic heterocycles. The summed E-state index contributed by atoms with van der Waals surface area (Å²) in [7, 11) is 4.54. The Labute approximate surface area is 197 Å². The lowest BCUT2D eigenvalue weighted by molar-refractivity contribution is -0.129. The molecule has 7 nitrogen and oxygen atoms in total. The van der Waals surface area contributed by atoms with Crippen molar-refractivity contribution in [3.8, 4) is 23.0 Å². The van der Waals surface area contributed by atoms with E-state index in [1.54, 1.807) is 7.11 Å². The van der Waals surface area contributed by atoms with E-state index in [1.165, 1.54) is 26.4 Å². The highest BCUT2D eigenvalue weighted by molar-refractivity contribution is 6.36. The molecular weight excluding hydrogens is 446 g/mol. The number of rotatable bonds is 7. The van der Waals surface area contributed by atoms with E-state index in [1.807, 2.05) is 31.2 Å². The van der Waals surface area contributed by atoms with Gasteiger partial charge in [-0.25, -0.2) is 0 Å². The lowest BCUT2D eigenvalue weighted by atomic mass is 9.74. The molecule has 2 aromatic carbocycles. The quantitative estimate of drug-likeness (QED) is 0.611. The van der Waals surface area contributed by atoms with Crippen LogP contribution in [0.25, 0.3) is 0 Å². The van der Waals surface area contributed by atoms with Crippen LogP contribution in [0.1, 0.15) is 29.3 Å². The molecule has 1 N–H and O–H groups in total. The van der Waals surface area contributed by atoms with Gasteiger partial charge < -0.3 is 24.3 Å². The Bertz CT molecular complexity index is 1130. The van der Waals surface area contributed by atoms with Crippen molar-refractivity contribution in [1.82, 2.24) is 5.32 Å². The largest absolute Gasteiger partial charge is 0.497 e. The maximum atomic E-state index is 13.5. The molecular formula is C25H26ClNO6. The highest BCUT2D eigenvalue weighted by atomic mass is 35.5. The highest BCUT2D eigenvalue weighted by Gasteiger charge is 2.60. The zero-order valence-corrected chi connectivity index (χ0v) is 19.7. The maximum Gasteiger partial charge on any atom is 0.236 e. The SMILES string of the molecule is COc1ccc(CCNC2=CC(=O)C3(Oc4c(Cl)c(OC)cc(OC)c4C3=O)C(C)C2)cc1. The van der Waals surface area contributed by atoms with E-state index in [2.05, 4.69) is 5.32 Å². The topological polar surface area (TPSA) is 83.1 Å². The van der Waals surface area contributed by atoms with Crippen molar-refractivity contribution in [3.05, 3.63) is 58.3 Å². The molecule has 0 fully saturated rings. The minimum atomic E-state index is -1.66. The van der Waals surface area contributed by atoms with Gasteiger partial charge >= 0.3 is 0 Å². The highest BCUT2D eigenvalue weighted by Crippen LogP contribution is 2.52. The van der Waals surface area contributed by atoms with Gasteiger partial charge in [0.1, 0.15) is 27.8 Å². The van der Waals surface area contributed by atoms with E-state index in [0.717, 1.165) is 23.4 Å². The second kappa shape index (κ2) is 8.98. The van der Waals surface area contributed by atoms with Crippen LogP contribution >= 0.6 is 11.6 Å². The van der Waals surface area contributed by atoms with Gasteiger partial charge in [-0.3, -0.25) is 9.59 Å². The number of nitrogens with one attached hydrogen (secondary N) is 1. The molecule has 0 saturated heterocycles. The fourth-order valence-corrected chi connectivity index (χ4v) is 4.68. The molecule has 174 valence electrons. The van der Waals surface area contributed by atoms with Crippen LogP contribution in [-0.2, 0) is 11.2 Å². The second-order valence-corrected chi connectivity index (χ2v) is 8.51. The van der Waals surface area contributed by atoms with Crippen LogP contribution < -0.4 is 24.3 Å². The summed E-state index contributed by atoms with van der Waals surface area (Å²) >= 11 is 6.42. The van der Waals surface area contributed by atoms with Gasteiger partial charge in [0.15, 0.2) is 5.75 Å². The van der Waals surface area contributed by atoms with Crippen molar-refractivity contribution < 1.29 is 28.5 Å². The summed E-state index contributed by atoms with van der Waals surface area (Å²) < 4.78 is 21.9. The molecule has 0 amide bonds. The van der Waals surface area contributed by atoms with Crippen LogP contribution in [0.2, 0.25) is 5.02 Å². The minimum Gasteiger partial charge on any atom is -0.497 e. The van der Waals surface area contributed by atoms with E-state index in [4.69, 9.17) is 30.5 Å². The second-order valence-electron chi connectivity index (χ2n) is 8.13. The molecule has 2 atom stereocenters. The Kier molecular flexibility index (Phi) is 6.26. The van der Waals surface area contributed by atoms with E-state index < -0.39 is 23.1 Å². The summed E-state index contributed by atoms with van der Waals surface area (Å²) in [6, 6.07) is 9.37. The van der Waals surface area contributed by atoms with Crippen molar-refractivity contribution in [2.45, 2.75) is 25.4 Å². The Hall–Kier alpha value is -3.19. The molecule has 1 aliphatic heterocycles. The standard InChI is InChI=1S/C25H26ClNO6/c1-14-11-16(27-10-9-15-5-7-17(30-2)8-6-15)12-20(28)25(14)24(29)21-18(31-3)13-19(32-4)22(26)23(21)33-25/h5-8,12-14,27H,9-11H2,1-4H3. The monoisotopic (exact) mass is 471 g/mol. The van der Waals surface area contributed by atoms with E-state index >= 15 is 0 Å². The summed E-state index contributed by atoms with van der Waals surface area (Å²) in [6.07, 6.45) is 2.73. The molecule has 2 aromatic rings. The summed E-state index contributed by atoms with van der Waals surface area (Å²) in [5.74, 6) is 0.247. The van der Waals surface area contributed by atoms with Crippen LogP contribution in [0.3, 0.4) is 0 Å². The average Bonchev–Trinajstić information content (AvgIpc) is 3.13. The number of hydrogen-bond acceptors (Lipinski definition) is 7. The number of benzene rings is 2. The van der Waals surface area contributed by atoms with Gasteiger partial charge in [0.25, 0.3) is 0 Å². The Balaban J connectivity index is 1.53. The van der Waals surface area contributed by atoms with Gasteiger partial charge in [0.2, 0.25) is 17.2 Å².